The van der Waals surface area contributed by atoms with Gasteiger partial charge in [-0.25, -0.2) is 0 Å². The Balaban J connectivity index is 1.53. The molecule has 2 heterocycles. The van der Waals surface area contributed by atoms with Crippen LogP contribution in [0, 0.1) is 0 Å². The third-order valence-corrected chi connectivity index (χ3v) is 6.78. The maximum absolute atomic E-state index is 13.4. The van der Waals surface area contributed by atoms with Gasteiger partial charge in [0.15, 0.2) is 0 Å². The average Bonchev–Trinajstić information content (AvgIpc) is 3.14. The predicted octanol–water partition coefficient (Wildman–Crippen LogP) is 4.91. The summed E-state index contributed by atoms with van der Waals surface area (Å²) in [5.41, 5.74) is 3.74. The van der Waals surface area contributed by atoms with Gasteiger partial charge in [0.05, 0.1) is 10.6 Å². The molecule has 0 bridgehead atoms. The van der Waals surface area contributed by atoms with E-state index in [2.05, 4.69) is 22.4 Å². The molecule has 1 aliphatic rings. The molecule has 1 aromatic heterocycles. The Hall–Kier alpha value is -2.15. The minimum atomic E-state index is -0.613. The lowest BCUT2D eigenvalue weighted by atomic mass is 10.0. The number of benzene rings is 2. The van der Waals surface area contributed by atoms with Gasteiger partial charge in [-0.3, -0.25) is 9.59 Å². The van der Waals surface area contributed by atoms with Crippen molar-refractivity contribution in [3.63, 3.8) is 0 Å². The standard InChI is InChI=1S/C23H23Cl2N3O2S/c1-31-11-9-21(27-22(29)16-7-6-14(24)12-18(16)25)23(30)28-10-8-20-17(13-28)15-4-2-3-5-19(15)26-20/h2-7,12,21,26H,8-11,13H2,1H3,(H,27,29)/t21-/m0/s1. The van der Waals surface area contributed by atoms with Gasteiger partial charge in [0, 0.05) is 46.7 Å². The number of carbonyl (C=O) groups excluding carboxylic acids is 2. The van der Waals surface area contributed by atoms with Gasteiger partial charge in [-0.1, -0.05) is 41.4 Å². The molecule has 0 radical (unpaired) electrons. The van der Waals surface area contributed by atoms with Crippen molar-refractivity contribution in [2.24, 2.45) is 0 Å². The molecule has 4 rings (SSSR count). The molecule has 5 nitrogen and oxygen atoms in total. The first-order valence-corrected chi connectivity index (χ1v) is 12.2. The van der Waals surface area contributed by atoms with Crippen molar-refractivity contribution in [3.05, 3.63) is 69.3 Å². The van der Waals surface area contributed by atoms with Crippen LogP contribution < -0.4 is 5.32 Å². The molecule has 3 aromatic rings. The molecule has 0 aliphatic carbocycles. The highest BCUT2D eigenvalue weighted by Gasteiger charge is 2.30. The maximum Gasteiger partial charge on any atom is 0.253 e. The number of aromatic nitrogens is 1. The van der Waals surface area contributed by atoms with E-state index in [1.807, 2.05) is 23.3 Å². The van der Waals surface area contributed by atoms with E-state index >= 15 is 0 Å². The van der Waals surface area contributed by atoms with Crippen LogP contribution in [0.15, 0.2) is 42.5 Å². The highest BCUT2D eigenvalue weighted by atomic mass is 35.5. The fourth-order valence-corrected chi connectivity index (χ4v) is 4.94. The molecule has 1 aliphatic heterocycles. The normalized spacial score (nSPS) is 14.4. The molecule has 1 atom stereocenters. The van der Waals surface area contributed by atoms with Gasteiger partial charge in [-0.05, 0) is 42.7 Å². The highest BCUT2D eigenvalue weighted by molar-refractivity contribution is 7.98. The summed E-state index contributed by atoms with van der Waals surface area (Å²) in [6.45, 7) is 1.15. The summed E-state index contributed by atoms with van der Waals surface area (Å²) in [6.07, 6.45) is 3.30. The number of halogens is 2. The molecular weight excluding hydrogens is 453 g/mol. The van der Waals surface area contributed by atoms with Crippen molar-refractivity contribution in [2.75, 3.05) is 18.6 Å². The van der Waals surface area contributed by atoms with E-state index in [-0.39, 0.29) is 16.8 Å². The van der Waals surface area contributed by atoms with E-state index in [1.54, 1.807) is 23.9 Å². The average molecular weight is 476 g/mol. The second-order valence-electron chi connectivity index (χ2n) is 7.57. The van der Waals surface area contributed by atoms with Gasteiger partial charge >= 0.3 is 0 Å². The number of fused-ring (bicyclic) bond motifs is 3. The number of thioether (sulfide) groups is 1. The lowest BCUT2D eigenvalue weighted by Gasteiger charge is -2.31. The number of rotatable bonds is 6. The van der Waals surface area contributed by atoms with Gasteiger partial charge in [-0.15, -0.1) is 0 Å². The Bertz CT molecular complexity index is 1130. The molecular formula is C23H23Cl2N3O2S. The summed E-state index contributed by atoms with van der Waals surface area (Å²) in [4.78, 5) is 31.6. The minimum absolute atomic E-state index is 0.0663. The minimum Gasteiger partial charge on any atom is -0.358 e. The largest absolute Gasteiger partial charge is 0.358 e. The van der Waals surface area contributed by atoms with Crippen LogP contribution in [0.25, 0.3) is 10.9 Å². The van der Waals surface area contributed by atoms with Crippen molar-refractivity contribution in [2.45, 2.75) is 25.4 Å². The molecule has 0 unspecified atom stereocenters. The van der Waals surface area contributed by atoms with Crippen LogP contribution in [-0.2, 0) is 17.8 Å². The zero-order valence-corrected chi connectivity index (χ0v) is 19.4. The molecule has 2 aromatic carbocycles. The van der Waals surface area contributed by atoms with E-state index in [1.165, 1.54) is 11.8 Å². The third-order valence-electron chi connectivity index (χ3n) is 5.58. The molecule has 2 amide bonds. The summed E-state index contributed by atoms with van der Waals surface area (Å²) >= 11 is 13.8. The predicted molar refractivity (Wildman–Crippen MR) is 128 cm³/mol. The number of para-hydroxylation sites is 1. The molecule has 31 heavy (non-hydrogen) atoms. The van der Waals surface area contributed by atoms with Crippen molar-refractivity contribution in [3.8, 4) is 0 Å². The first-order chi connectivity index (χ1) is 15.0. The van der Waals surface area contributed by atoms with Crippen molar-refractivity contribution >= 4 is 57.7 Å². The summed E-state index contributed by atoms with van der Waals surface area (Å²) in [5.74, 6) is 0.325. The molecule has 2 N–H and O–H groups in total. The molecule has 0 saturated heterocycles. The fraction of sp³-hybridized carbons (Fsp3) is 0.304. The van der Waals surface area contributed by atoms with E-state index < -0.39 is 6.04 Å². The fourth-order valence-electron chi connectivity index (χ4n) is 3.98. The van der Waals surface area contributed by atoms with Crippen LogP contribution in [0.3, 0.4) is 0 Å². The van der Waals surface area contributed by atoms with Gasteiger partial charge in [0.2, 0.25) is 5.91 Å². The zero-order valence-electron chi connectivity index (χ0n) is 17.1. The Morgan fingerprint density at radius 2 is 2.03 bits per heavy atom. The van der Waals surface area contributed by atoms with E-state index in [0.717, 1.165) is 28.6 Å². The first kappa shape index (κ1) is 22.1. The van der Waals surface area contributed by atoms with Crippen LogP contribution in [0.5, 0.6) is 0 Å². The lowest BCUT2D eigenvalue weighted by molar-refractivity contribution is -0.134. The Kier molecular flexibility index (Phi) is 6.80. The summed E-state index contributed by atoms with van der Waals surface area (Å²) < 4.78 is 0. The van der Waals surface area contributed by atoms with E-state index in [9.17, 15) is 9.59 Å². The summed E-state index contributed by atoms with van der Waals surface area (Å²) in [6, 6.07) is 12.3. The molecule has 0 fully saturated rings. The number of H-pyrrole nitrogens is 1. The number of carbonyl (C=O) groups is 2. The number of nitrogens with one attached hydrogen (secondary N) is 2. The Morgan fingerprint density at radius 1 is 1.23 bits per heavy atom. The van der Waals surface area contributed by atoms with Crippen molar-refractivity contribution in [1.29, 1.82) is 0 Å². The molecule has 0 saturated carbocycles. The number of hydrogen-bond acceptors (Lipinski definition) is 3. The van der Waals surface area contributed by atoms with Crippen molar-refractivity contribution in [1.82, 2.24) is 15.2 Å². The number of aromatic amines is 1. The SMILES string of the molecule is CSCC[C@H](NC(=O)c1ccc(Cl)cc1Cl)C(=O)N1CCc2[nH]c3ccccc3c2C1. The quantitative estimate of drug-likeness (QED) is 0.532. The lowest BCUT2D eigenvalue weighted by Crippen LogP contribution is -2.50. The van der Waals surface area contributed by atoms with Gasteiger partial charge < -0.3 is 15.2 Å². The zero-order chi connectivity index (χ0) is 22.0. The number of nitrogens with zero attached hydrogens (tertiary/aromatic N) is 1. The topological polar surface area (TPSA) is 65.2 Å². The van der Waals surface area contributed by atoms with Crippen LogP contribution in [0.2, 0.25) is 10.0 Å². The monoisotopic (exact) mass is 475 g/mol. The smallest absolute Gasteiger partial charge is 0.253 e. The van der Waals surface area contributed by atoms with Crippen LogP contribution >= 0.6 is 35.0 Å². The van der Waals surface area contributed by atoms with Crippen LogP contribution in [0.4, 0.5) is 0 Å². The molecule has 0 spiro atoms. The summed E-state index contributed by atoms with van der Waals surface area (Å²) in [7, 11) is 0. The second kappa shape index (κ2) is 9.55. The first-order valence-electron chi connectivity index (χ1n) is 10.1. The van der Waals surface area contributed by atoms with Gasteiger partial charge in [0.25, 0.3) is 5.91 Å². The van der Waals surface area contributed by atoms with E-state index in [4.69, 9.17) is 23.2 Å². The van der Waals surface area contributed by atoms with Crippen molar-refractivity contribution < 1.29 is 9.59 Å². The van der Waals surface area contributed by atoms with Crippen LogP contribution in [-0.4, -0.2) is 46.3 Å². The summed E-state index contributed by atoms with van der Waals surface area (Å²) in [5, 5.41) is 4.77. The Labute approximate surface area is 195 Å². The highest BCUT2D eigenvalue weighted by Crippen LogP contribution is 2.28. The second-order valence-corrected chi connectivity index (χ2v) is 9.40. The molecule has 8 heteroatoms. The number of hydrogen-bond donors (Lipinski definition) is 2. The third kappa shape index (κ3) is 4.71. The number of amides is 2. The molecule has 162 valence electrons. The Morgan fingerprint density at radius 3 is 2.81 bits per heavy atom. The van der Waals surface area contributed by atoms with E-state index in [0.29, 0.717) is 30.1 Å². The van der Waals surface area contributed by atoms with Crippen LogP contribution in [0.1, 0.15) is 28.0 Å². The van der Waals surface area contributed by atoms with Gasteiger partial charge in [0.1, 0.15) is 6.04 Å². The maximum atomic E-state index is 13.4. The van der Waals surface area contributed by atoms with Gasteiger partial charge in [-0.2, -0.15) is 11.8 Å².